The summed E-state index contributed by atoms with van der Waals surface area (Å²) in [4.78, 5) is 14.3. The lowest BCUT2D eigenvalue weighted by Crippen LogP contribution is -2.41. The summed E-state index contributed by atoms with van der Waals surface area (Å²) in [6.07, 6.45) is 0.948. The normalized spacial score (nSPS) is 18.9. The third-order valence-corrected chi connectivity index (χ3v) is 3.50. The molecule has 1 unspecified atom stereocenters. The molecule has 1 aromatic carbocycles. The highest BCUT2D eigenvalue weighted by Gasteiger charge is 2.25. The third-order valence-electron chi connectivity index (χ3n) is 3.50. The lowest BCUT2D eigenvalue weighted by molar-refractivity contribution is 0.0842. The Balaban J connectivity index is 2.15. The minimum Gasteiger partial charge on any atom is -0.315 e. The standard InChI is InChI=1S/C14H18F2N2O/c1-10(18-7-2-5-17-6-8-18)14(19)12-9-11(15)3-4-13(12)16/h3-4,9-10,17H,2,5-8H2,1H3. The maximum Gasteiger partial charge on any atom is 0.182 e. The lowest BCUT2D eigenvalue weighted by atomic mass is 10.0. The van der Waals surface area contributed by atoms with Gasteiger partial charge in [0.2, 0.25) is 0 Å². The molecule has 1 atom stereocenters. The fraction of sp³-hybridized carbons (Fsp3) is 0.500. The molecule has 5 heteroatoms. The highest BCUT2D eigenvalue weighted by Crippen LogP contribution is 2.15. The van der Waals surface area contributed by atoms with Crippen molar-refractivity contribution in [2.24, 2.45) is 0 Å². The summed E-state index contributed by atoms with van der Waals surface area (Å²) in [7, 11) is 0. The zero-order valence-corrected chi connectivity index (χ0v) is 11.0. The summed E-state index contributed by atoms with van der Waals surface area (Å²) in [5.74, 6) is -1.61. The molecule has 1 aliphatic rings. The van der Waals surface area contributed by atoms with Crippen molar-refractivity contribution in [3.05, 3.63) is 35.4 Å². The number of halogens is 2. The Labute approximate surface area is 111 Å². The van der Waals surface area contributed by atoms with Crippen LogP contribution in [0.25, 0.3) is 0 Å². The first-order valence-corrected chi connectivity index (χ1v) is 6.53. The fourth-order valence-corrected chi connectivity index (χ4v) is 2.33. The molecule has 104 valence electrons. The molecule has 3 nitrogen and oxygen atoms in total. The zero-order chi connectivity index (χ0) is 13.8. The number of hydrogen-bond donors (Lipinski definition) is 1. The Kier molecular flexibility index (Phi) is 4.61. The molecule has 1 N–H and O–H groups in total. The lowest BCUT2D eigenvalue weighted by Gasteiger charge is -2.26. The first-order chi connectivity index (χ1) is 9.09. The van der Waals surface area contributed by atoms with Crippen LogP contribution in [0.1, 0.15) is 23.7 Å². The molecule has 1 fully saturated rings. The Morgan fingerprint density at radius 3 is 2.89 bits per heavy atom. The van der Waals surface area contributed by atoms with Gasteiger partial charge in [-0.15, -0.1) is 0 Å². The van der Waals surface area contributed by atoms with Gasteiger partial charge in [-0.2, -0.15) is 0 Å². The van der Waals surface area contributed by atoms with E-state index in [0.717, 1.165) is 50.8 Å². The molecule has 19 heavy (non-hydrogen) atoms. The Bertz CT molecular complexity index is 457. The van der Waals surface area contributed by atoms with Gasteiger partial charge in [0.05, 0.1) is 11.6 Å². The van der Waals surface area contributed by atoms with Crippen molar-refractivity contribution < 1.29 is 13.6 Å². The topological polar surface area (TPSA) is 32.3 Å². The minimum atomic E-state index is -0.661. The van der Waals surface area contributed by atoms with Crippen LogP contribution in [0.2, 0.25) is 0 Å². The second-order valence-electron chi connectivity index (χ2n) is 4.80. The van der Waals surface area contributed by atoms with Gasteiger partial charge in [0.25, 0.3) is 0 Å². The zero-order valence-electron chi connectivity index (χ0n) is 11.0. The highest BCUT2D eigenvalue weighted by molar-refractivity contribution is 6.00. The quantitative estimate of drug-likeness (QED) is 0.849. The van der Waals surface area contributed by atoms with Gasteiger partial charge in [0.15, 0.2) is 5.78 Å². The minimum absolute atomic E-state index is 0.162. The molecule has 1 heterocycles. The van der Waals surface area contributed by atoms with Gasteiger partial charge >= 0.3 is 0 Å². The van der Waals surface area contributed by atoms with Crippen LogP contribution < -0.4 is 5.32 Å². The van der Waals surface area contributed by atoms with E-state index < -0.39 is 17.7 Å². The molecule has 1 saturated heterocycles. The summed E-state index contributed by atoms with van der Waals surface area (Å²) >= 11 is 0. The van der Waals surface area contributed by atoms with E-state index in [1.54, 1.807) is 6.92 Å². The van der Waals surface area contributed by atoms with Gasteiger partial charge in [-0.25, -0.2) is 8.78 Å². The molecule has 0 bridgehead atoms. The maximum atomic E-state index is 13.6. The van der Waals surface area contributed by atoms with Crippen molar-refractivity contribution in [2.45, 2.75) is 19.4 Å². The van der Waals surface area contributed by atoms with Gasteiger partial charge in [-0.05, 0) is 38.1 Å². The molecule has 1 aromatic rings. The van der Waals surface area contributed by atoms with Crippen LogP contribution in [-0.2, 0) is 0 Å². The maximum absolute atomic E-state index is 13.6. The van der Waals surface area contributed by atoms with Gasteiger partial charge < -0.3 is 5.32 Å². The van der Waals surface area contributed by atoms with Crippen molar-refractivity contribution in [3.8, 4) is 0 Å². The molecule has 2 rings (SSSR count). The van der Waals surface area contributed by atoms with E-state index in [4.69, 9.17) is 0 Å². The van der Waals surface area contributed by atoms with E-state index in [0.29, 0.717) is 0 Å². The van der Waals surface area contributed by atoms with Crippen LogP contribution in [-0.4, -0.2) is 42.9 Å². The molecular weight excluding hydrogens is 250 g/mol. The van der Waals surface area contributed by atoms with Crippen LogP contribution in [0.15, 0.2) is 18.2 Å². The summed E-state index contributed by atoms with van der Waals surface area (Å²) in [6, 6.07) is 2.56. The SMILES string of the molecule is CC(C(=O)c1cc(F)ccc1F)N1CCCNCC1. The summed E-state index contributed by atoms with van der Waals surface area (Å²) < 4.78 is 26.7. The Hall–Kier alpha value is -1.33. The van der Waals surface area contributed by atoms with Gasteiger partial charge in [-0.3, -0.25) is 9.69 Å². The predicted octanol–water partition coefficient (Wildman–Crippen LogP) is 1.83. The van der Waals surface area contributed by atoms with Crippen LogP contribution in [0.3, 0.4) is 0 Å². The van der Waals surface area contributed by atoms with Crippen LogP contribution >= 0.6 is 0 Å². The molecule has 0 radical (unpaired) electrons. The van der Waals surface area contributed by atoms with Crippen LogP contribution in [0, 0.1) is 11.6 Å². The second kappa shape index (κ2) is 6.21. The van der Waals surface area contributed by atoms with Gasteiger partial charge in [-0.1, -0.05) is 0 Å². The summed E-state index contributed by atoms with van der Waals surface area (Å²) in [5, 5.41) is 3.24. The summed E-state index contributed by atoms with van der Waals surface area (Å²) in [6.45, 7) is 5.01. The highest BCUT2D eigenvalue weighted by atomic mass is 19.1. The number of ketones is 1. The number of rotatable bonds is 3. The summed E-state index contributed by atoms with van der Waals surface area (Å²) in [5.41, 5.74) is -0.162. The van der Waals surface area contributed by atoms with E-state index in [2.05, 4.69) is 5.32 Å². The predicted molar refractivity (Wildman–Crippen MR) is 69.2 cm³/mol. The van der Waals surface area contributed by atoms with Crippen molar-refractivity contribution in [3.63, 3.8) is 0 Å². The number of nitrogens with zero attached hydrogens (tertiary/aromatic N) is 1. The van der Waals surface area contributed by atoms with E-state index >= 15 is 0 Å². The number of hydrogen-bond acceptors (Lipinski definition) is 3. The van der Waals surface area contributed by atoms with E-state index in [1.807, 2.05) is 4.90 Å². The van der Waals surface area contributed by atoms with Crippen molar-refractivity contribution in [2.75, 3.05) is 26.2 Å². The molecule has 0 spiro atoms. The number of benzene rings is 1. The van der Waals surface area contributed by atoms with E-state index in [1.165, 1.54) is 0 Å². The molecule has 1 aliphatic heterocycles. The molecule has 0 aromatic heterocycles. The van der Waals surface area contributed by atoms with Crippen LogP contribution in [0.5, 0.6) is 0 Å². The number of nitrogens with one attached hydrogen (secondary N) is 1. The Morgan fingerprint density at radius 2 is 2.11 bits per heavy atom. The second-order valence-corrected chi connectivity index (χ2v) is 4.80. The van der Waals surface area contributed by atoms with Crippen molar-refractivity contribution in [1.82, 2.24) is 10.2 Å². The molecule has 0 saturated carbocycles. The first-order valence-electron chi connectivity index (χ1n) is 6.53. The average Bonchev–Trinajstić information content (AvgIpc) is 2.69. The van der Waals surface area contributed by atoms with Crippen molar-refractivity contribution in [1.29, 1.82) is 0 Å². The largest absolute Gasteiger partial charge is 0.315 e. The third kappa shape index (κ3) is 3.36. The smallest absolute Gasteiger partial charge is 0.182 e. The van der Waals surface area contributed by atoms with Crippen LogP contribution in [0.4, 0.5) is 8.78 Å². The number of carbonyl (C=O) groups excluding carboxylic acids is 1. The number of carbonyl (C=O) groups is 1. The average molecular weight is 268 g/mol. The fourth-order valence-electron chi connectivity index (χ4n) is 2.33. The molecule has 0 aliphatic carbocycles. The Morgan fingerprint density at radius 1 is 1.32 bits per heavy atom. The van der Waals surface area contributed by atoms with Gasteiger partial charge in [0.1, 0.15) is 11.6 Å². The molecular formula is C14H18F2N2O. The van der Waals surface area contributed by atoms with E-state index in [9.17, 15) is 13.6 Å². The first kappa shape index (κ1) is 14.1. The van der Waals surface area contributed by atoms with Gasteiger partial charge in [0, 0.05) is 19.6 Å². The molecule has 0 amide bonds. The van der Waals surface area contributed by atoms with E-state index in [-0.39, 0.29) is 11.3 Å². The number of Topliss-reactive ketones (excluding diaryl/α,β-unsaturated/α-hetero) is 1. The van der Waals surface area contributed by atoms with Crippen molar-refractivity contribution >= 4 is 5.78 Å². The monoisotopic (exact) mass is 268 g/mol.